The highest BCUT2D eigenvalue weighted by Gasteiger charge is 2.23. The van der Waals surface area contributed by atoms with Crippen LogP contribution in [0, 0.1) is 0 Å². The van der Waals surface area contributed by atoms with E-state index in [1.165, 1.54) is 0 Å². The van der Waals surface area contributed by atoms with Crippen LogP contribution < -0.4 is 5.32 Å². The van der Waals surface area contributed by atoms with Crippen LogP contribution in [0.25, 0.3) is 0 Å². The Hall–Kier alpha value is -2.15. The number of nitrogens with one attached hydrogen (secondary N) is 2. The third-order valence-electron chi connectivity index (χ3n) is 3.47. The Labute approximate surface area is 122 Å². The lowest BCUT2D eigenvalue weighted by molar-refractivity contribution is 0.0835. The summed E-state index contributed by atoms with van der Waals surface area (Å²) < 4.78 is 10.6. The summed E-state index contributed by atoms with van der Waals surface area (Å²) in [6.45, 7) is 2.99. The quantitative estimate of drug-likeness (QED) is 0.875. The molecular formula is C14H18N4O3. The molecule has 2 aromatic heterocycles. The first kappa shape index (κ1) is 13.8. The standard InChI is InChI=1S/C14H18N4O3/c1-2-9-5-6-10(16-9)13(19)15-8-12-17-14(21-18-12)11-4-3-7-20-11/h5-6,11,16H,2-4,7-8H2,1H3,(H,15,19). The molecule has 0 aliphatic carbocycles. The van der Waals surface area contributed by atoms with Crippen LogP contribution in [-0.4, -0.2) is 27.6 Å². The molecule has 0 aromatic carbocycles. The molecule has 1 aliphatic rings. The van der Waals surface area contributed by atoms with E-state index < -0.39 is 0 Å². The van der Waals surface area contributed by atoms with Crippen LogP contribution in [0.2, 0.25) is 0 Å². The second-order valence-corrected chi connectivity index (χ2v) is 4.98. The Morgan fingerprint density at radius 1 is 1.52 bits per heavy atom. The van der Waals surface area contributed by atoms with Crippen LogP contribution in [-0.2, 0) is 17.7 Å². The molecule has 112 valence electrons. The number of H-pyrrole nitrogens is 1. The summed E-state index contributed by atoms with van der Waals surface area (Å²) in [5, 5.41) is 6.62. The normalized spacial score (nSPS) is 18.0. The van der Waals surface area contributed by atoms with Gasteiger partial charge in [0.25, 0.3) is 11.8 Å². The van der Waals surface area contributed by atoms with Crippen molar-refractivity contribution in [3.63, 3.8) is 0 Å². The molecule has 1 saturated heterocycles. The summed E-state index contributed by atoms with van der Waals surface area (Å²) in [7, 11) is 0. The first-order valence-electron chi connectivity index (χ1n) is 7.16. The van der Waals surface area contributed by atoms with Crippen molar-refractivity contribution < 1.29 is 14.1 Å². The fourth-order valence-corrected chi connectivity index (χ4v) is 2.28. The molecule has 1 unspecified atom stereocenters. The number of aryl methyl sites for hydroxylation is 1. The van der Waals surface area contributed by atoms with Crippen LogP contribution >= 0.6 is 0 Å². The first-order chi connectivity index (χ1) is 10.3. The van der Waals surface area contributed by atoms with Gasteiger partial charge in [-0.25, -0.2) is 0 Å². The summed E-state index contributed by atoms with van der Waals surface area (Å²) in [6.07, 6.45) is 2.67. The summed E-state index contributed by atoms with van der Waals surface area (Å²) in [5.41, 5.74) is 1.56. The van der Waals surface area contributed by atoms with Crippen molar-refractivity contribution in [3.05, 3.63) is 35.2 Å². The van der Waals surface area contributed by atoms with Crippen molar-refractivity contribution >= 4 is 5.91 Å². The highest BCUT2D eigenvalue weighted by molar-refractivity contribution is 5.92. The lowest BCUT2D eigenvalue weighted by atomic mass is 10.2. The minimum atomic E-state index is -0.182. The minimum Gasteiger partial charge on any atom is -0.368 e. The van der Waals surface area contributed by atoms with Gasteiger partial charge in [0.05, 0.1) is 6.54 Å². The van der Waals surface area contributed by atoms with Gasteiger partial charge in [0.2, 0.25) is 0 Å². The largest absolute Gasteiger partial charge is 0.368 e. The van der Waals surface area contributed by atoms with E-state index in [-0.39, 0.29) is 18.6 Å². The molecule has 2 N–H and O–H groups in total. The first-order valence-corrected chi connectivity index (χ1v) is 7.16. The zero-order valence-corrected chi connectivity index (χ0v) is 11.9. The molecule has 0 spiro atoms. The van der Waals surface area contributed by atoms with Gasteiger partial charge >= 0.3 is 0 Å². The Bertz CT molecular complexity index is 613. The number of amides is 1. The van der Waals surface area contributed by atoms with Crippen LogP contribution in [0.3, 0.4) is 0 Å². The van der Waals surface area contributed by atoms with E-state index in [2.05, 4.69) is 20.4 Å². The lowest BCUT2D eigenvalue weighted by Crippen LogP contribution is -2.23. The van der Waals surface area contributed by atoms with E-state index in [1.54, 1.807) is 6.07 Å². The molecule has 7 nitrogen and oxygen atoms in total. The molecule has 0 saturated carbocycles. The van der Waals surface area contributed by atoms with Crippen molar-refractivity contribution in [2.24, 2.45) is 0 Å². The third kappa shape index (κ3) is 3.13. The number of hydrogen-bond donors (Lipinski definition) is 2. The molecule has 0 bridgehead atoms. The maximum atomic E-state index is 12.0. The summed E-state index contributed by atoms with van der Waals surface area (Å²) in [5.74, 6) is 0.763. The fraction of sp³-hybridized carbons (Fsp3) is 0.500. The predicted octanol–water partition coefficient (Wildman–Crippen LogP) is 1.74. The second kappa shape index (κ2) is 6.09. The summed E-state index contributed by atoms with van der Waals surface area (Å²) >= 11 is 0. The number of carbonyl (C=O) groups excluding carboxylic acids is 1. The lowest BCUT2D eigenvalue weighted by Gasteiger charge is -2.01. The molecular weight excluding hydrogens is 272 g/mol. The van der Waals surface area contributed by atoms with Crippen LogP contribution in [0.15, 0.2) is 16.7 Å². The Morgan fingerprint density at radius 2 is 2.43 bits per heavy atom. The number of carbonyl (C=O) groups is 1. The third-order valence-corrected chi connectivity index (χ3v) is 3.47. The topological polar surface area (TPSA) is 93.0 Å². The van der Waals surface area contributed by atoms with E-state index >= 15 is 0 Å². The number of rotatable bonds is 5. The average molecular weight is 290 g/mol. The molecule has 1 amide bonds. The smallest absolute Gasteiger partial charge is 0.268 e. The Kier molecular flexibility index (Phi) is 4.01. The van der Waals surface area contributed by atoms with E-state index in [0.717, 1.165) is 31.6 Å². The second-order valence-electron chi connectivity index (χ2n) is 4.98. The molecule has 21 heavy (non-hydrogen) atoms. The number of nitrogens with zero attached hydrogens (tertiary/aromatic N) is 2. The maximum absolute atomic E-state index is 12.0. The van der Waals surface area contributed by atoms with E-state index in [4.69, 9.17) is 9.26 Å². The molecule has 1 atom stereocenters. The molecule has 0 radical (unpaired) electrons. The van der Waals surface area contributed by atoms with Crippen molar-refractivity contribution in [3.8, 4) is 0 Å². The number of aromatic amines is 1. The van der Waals surface area contributed by atoms with Gasteiger partial charge in [-0.3, -0.25) is 4.79 Å². The van der Waals surface area contributed by atoms with Gasteiger partial charge in [-0.15, -0.1) is 0 Å². The Balaban J connectivity index is 1.56. The van der Waals surface area contributed by atoms with Gasteiger partial charge in [-0.05, 0) is 31.4 Å². The average Bonchev–Trinajstić information content (AvgIpc) is 3.24. The number of ether oxygens (including phenoxy) is 1. The molecule has 1 fully saturated rings. The van der Waals surface area contributed by atoms with Crippen molar-refractivity contribution in [1.82, 2.24) is 20.4 Å². The SMILES string of the molecule is CCc1ccc(C(=O)NCc2noc(C3CCCO3)n2)[nH]1. The van der Waals surface area contributed by atoms with Crippen LogP contribution in [0.4, 0.5) is 0 Å². The monoisotopic (exact) mass is 290 g/mol. The van der Waals surface area contributed by atoms with Gasteiger partial charge in [0.1, 0.15) is 11.8 Å². The zero-order valence-electron chi connectivity index (χ0n) is 11.9. The van der Waals surface area contributed by atoms with Gasteiger partial charge < -0.3 is 19.6 Å². The van der Waals surface area contributed by atoms with Gasteiger partial charge in [0.15, 0.2) is 5.82 Å². The summed E-state index contributed by atoms with van der Waals surface area (Å²) in [4.78, 5) is 19.3. The van der Waals surface area contributed by atoms with Crippen molar-refractivity contribution in [2.75, 3.05) is 6.61 Å². The van der Waals surface area contributed by atoms with Gasteiger partial charge in [-0.1, -0.05) is 12.1 Å². The van der Waals surface area contributed by atoms with E-state index in [9.17, 15) is 4.79 Å². The molecule has 2 aromatic rings. The maximum Gasteiger partial charge on any atom is 0.268 e. The van der Waals surface area contributed by atoms with E-state index in [0.29, 0.717) is 17.4 Å². The summed E-state index contributed by atoms with van der Waals surface area (Å²) in [6, 6.07) is 3.67. The minimum absolute atomic E-state index is 0.0996. The number of aromatic nitrogens is 3. The van der Waals surface area contributed by atoms with Crippen molar-refractivity contribution in [2.45, 2.75) is 38.8 Å². The van der Waals surface area contributed by atoms with Crippen LogP contribution in [0.1, 0.15) is 53.8 Å². The molecule has 3 heterocycles. The van der Waals surface area contributed by atoms with E-state index in [1.807, 2.05) is 13.0 Å². The van der Waals surface area contributed by atoms with Gasteiger partial charge in [0, 0.05) is 12.3 Å². The molecule has 3 rings (SSSR count). The Morgan fingerprint density at radius 3 is 3.14 bits per heavy atom. The molecule has 7 heteroatoms. The zero-order chi connectivity index (χ0) is 14.7. The predicted molar refractivity (Wildman–Crippen MR) is 73.6 cm³/mol. The number of hydrogen-bond acceptors (Lipinski definition) is 5. The van der Waals surface area contributed by atoms with Crippen molar-refractivity contribution in [1.29, 1.82) is 0 Å². The fourth-order valence-electron chi connectivity index (χ4n) is 2.28. The highest BCUT2D eigenvalue weighted by atomic mass is 16.5. The highest BCUT2D eigenvalue weighted by Crippen LogP contribution is 2.26. The van der Waals surface area contributed by atoms with Gasteiger partial charge in [-0.2, -0.15) is 4.98 Å². The molecule has 1 aliphatic heterocycles. The van der Waals surface area contributed by atoms with Crippen LogP contribution in [0.5, 0.6) is 0 Å².